The number of unbranched alkanes of at least 4 members (excludes halogenated alkanes) is 13. The van der Waals surface area contributed by atoms with E-state index in [4.69, 9.17) is 14.6 Å². The Bertz CT molecular complexity index is 555. The van der Waals surface area contributed by atoms with E-state index in [-0.39, 0.29) is 18.0 Å². The van der Waals surface area contributed by atoms with E-state index in [1.807, 2.05) is 6.92 Å². The molecule has 37 heavy (non-hydrogen) atoms. The Kier molecular flexibility index (Phi) is 24.8. The van der Waals surface area contributed by atoms with E-state index >= 15 is 0 Å². The second-order valence-electron chi connectivity index (χ2n) is 10.3. The van der Waals surface area contributed by atoms with Crippen molar-refractivity contribution in [3.05, 3.63) is 0 Å². The van der Waals surface area contributed by atoms with E-state index in [1.165, 1.54) is 77.0 Å². The molecular weight excluding hydrogens is 511 g/mol. The van der Waals surface area contributed by atoms with Crippen molar-refractivity contribution in [1.82, 2.24) is 0 Å². The molecule has 0 rings (SSSR count). The van der Waals surface area contributed by atoms with Crippen molar-refractivity contribution in [1.29, 1.82) is 0 Å². The van der Waals surface area contributed by atoms with Gasteiger partial charge in [0, 0.05) is 13.2 Å². The van der Waals surface area contributed by atoms with Gasteiger partial charge >= 0.3 is 5.97 Å². The van der Waals surface area contributed by atoms with E-state index in [0.717, 1.165) is 31.4 Å². The summed E-state index contributed by atoms with van der Waals surface area (Å²) in [5, 5.41) is 16.4. The zero-order valence-electron chi connectivity index (χ0n) is 23.9. The van der Waals surface area contributed by atoms with Gasteiger partial charge in [0.05, 0.1) is 6.61 Å². The van der Waals surface area contributed by atoms with Gasteiger partial charge in [-0.3, -0.25) is 0 Å². The third-order valence-electron chi connectivity index (χ3n) is 6.85. The van der Waals surface area contributed by atoms with Gasteiger partial charge in [0.2, 0.25) is 5.34 Å². The highest BCUT2D eigenvalue weighted by atomic mass is 32.2. The van der Waals surface area contributed by atoms with Crippen LogP contribution in [0.2, 0.25) is 0 Å². The van der Waals surface area contributed by atoms with Crippen LogP contribution in [0, 0.1) is 0 Å². The molecular formula is C28H57O7PS. The maximum Gasteiger partial charge on any atom is 0.345 e. The van der Waals surface area contributed by atoms with Crippen LogP contribution in [-0.4, -0.2) is 63.0 Å². The highest BCUT2D eigenvalue weighted by molar-refractivity contribution is 7.92. The number of aliphatic hydroxyl groups is 1. The largest absolute Gasteiger partial charge is 0.616 e. The average Bonchev–Trinajstić information content (AvgIpc) is 2.88. The number of carboxylic acid groups (broad SMARTS) is 1. The maximum absolute atomic E-state index is 13.2. The van der Waals surface area contributed by atoms with Crippen LogP contribution in [0.3, 0.4) is 0 Å². The highest BCUT2D eigenvalue weighted by Gasteiger charge is 2.35. The van der Waals surface area contributed by atoms with Crippen LogP contribution in [0.4, 0.5) is 0 Å². The van der Waals surface area contributed by atoms with Crippen molar-refractivity contribution >= 4 is 25.6 Å². The van der Waals surface area contributed by atoms with Crippen molar-refractivity contribution in [2.75, 3.05) is 25.6 Å². The van der Waals surface area contributed by atoms with Gasteiger partial charge in [-0.25, -0.2) is 4.79 Å². The summed E-state index contributed by atoms with van der Waals surface area (Å²) in [6.07, 6.45) is 19.8. The van der Waals surface area contributed by atoms with Gasteiger partial charge in [0.15, 0.2) is 0 Å². The molecule has 0 aromatic carbocycles. The van der Waals surface area contributed by atoms with E-state index in [0.29, 0.717) is 13.0 Å². The molecule has 0 amide bonds. The van der Waals surface area contributed by atoms with Gasteiger partial charge < -0.3 is 28.8 Å². The fourth-order valence-corrected chi connectivity index (χ4v) is 6.34. The minimum Gasteiger partial charge on any atom is -0.616 e. The third kappa shape index (κ3) is 19.6. The summed E-state index contributed by atoms with van der Waals surface area (Å²) in [5.41, 5.74) is 0. The molecule has 0 bridgehead atoms. The SMILES string of the molecule is CCCCCCCCCCC[S+]([O-])C(CCCCCCCC)C(C)OCCCOCC(O)([PH2]=O)C(=O)O. The number of ether oxygens (including phenoxy) is 2. The first-order valence-corrected chi connectivity index (χ1v) is 17.2. The first-order valence-electron chi connectivity index (χ1n) is 14.8. The minimum absolute atomic E-state index is 0.0160. The second kappa shape index (κ2) is 24.9. The predicted octanol–water partition coefficient (Wildman–Crippen LogP) is 6.73. The number of carboxylic acids is 1. The Morgan fingerprint density at radius 3 is 1.89 bits per heavy atom. The summed E-state index contributed by atoms with van der Waals surface area (Å²) in [6.45, 7) is 6.56. The molecule has 5 unspecified atom stereocenters. The minimum atomic E-state index is -2.30. The number of hydrogen-bond acceptors (Lipinski definition) is 6. The van der Waals surface area contributed by atoms with Crippen LogP contribution in [0.1, 0.15) is 130 Å². The Hall–Kier alpha value is -0.110. The Morgan fingerprint density at radius 1 is 0.865 bits per heavy atom. The number of aliphatic carboxylic acids is 1. The summed E-state index contributed by atoms with van der Waals surface area (Å²) >= 11 is -0.922. The standard InChI is InChI=1S/C28H57O7PS/c1-4-6-8-10-12-13-14-16-18-23-37(33)26(20-17-15-11-9-7-5-2)25(3)35-22-19-21-34-24-28(31,36-32)27(29)30/h25-26,31H,4-24,36H2,1-3H3,(H,29,30). The van der Waals surface area contributed by atoms with Crippen LogP contribution < -0.4 is 0 Å². The lowest BCUT2D eigenvalue weighted by Gasteiger charge is -2.27. The maximum atomic E-state index is 13.2. The van der Waals surface area contributed by atoms with Gasteiger partial charge in [0.25, 0.3) is 0 Å². The molecule has 0 aromatic heterocycles. The first kappa shape index (κ1) is 36.9. The average molecular weight is 569 g/mol. The lowest BCUT2D eigenvalue weighted by Crippen LogP contribution is -2.37. The van der Waals surface area contributed by atoms with E-state index < -0.39 is 37.6 Å². The fourth-order valence-electron chi connectivity index (χ4n) is 4.32. The van der Waals surface area contributed by atoms with Gasteiger partial charge in [-0.05, 0) is 50.2 Å². The predicted molar refractivity (Wildman–Crippen MR) is 156 cm³/mol. The van der Waals surface area contributed by atoms with Crippen molar-refractivity contribution in [3.8, 4) is 0 Å². The fraction of sp³-hybridized carbons (Fsp3) is 0.964. The lowest BCUT2D eigenvalue weighted by atomic mass is 10.1. The number of hydrogen-bond donors (Lipinski definition) is 2. The summed E-state index contributed by atoms with van der Waals surface area (Å²) in [7, 11) is -1.90. The molecule has 0 heterocycles. The van der Waals surface area contributed by atoms with Crippen LogP contribution in [0.5, 0.6) is 0 Å². The summed E-state index contributed by atoms with van der Waals surface area (Å²) < 4.78 is 35.4. The van der Waals surface area contributed by atoms with Crippen LogP contribution in [0.15, 0.2) is 0 Å². The molecule has 2 N–H and O–H groups in total. The normalized spacial score (nSPS) is 16.1. The monoisotopic (exact) mass is 568 g/mol. The molecule has 0 saturated carbocycles. The highest BCUT2D eigenvalue weighted by Crippen LogP contribution is 2.22. The van der Waals surface area contributed by atoms with Crippen molar-refractivity contribution in [2.45, 2.75) is 147 Å². The molecule has 0 aromatic rings. The molecule has 222 valence electrons. The molecule has 0 fully saturated rings. The summed E-state index contributed by atoms with van der Waals surface area (Å²) in [6, 6.07) is 0. The van der Waals surface area contributed by atoms with Crippen LogP contribution in [-0.2, 0) is 30.0 Å². The third-order valence-corrected chi connectivity index (χ3v) is 9.64. The Labute approximate surface area is 231 Å². The molecule has 0 aliphatic heterocycles. The van der Waals surface area contributed by atoms with Crippen LogP contribution in [0.25, 0.3) is 0 Å². The van der Waals surface area contributed by atoms with Crippen molar-refractivity contribution in [3.63, 3.8) is 0 Å². The van der Waals surface area contributed by atoms with Gasteiger partial charge in [-0.1, -0.05) is 90.9 Å². The first-order chi connectivity index (χ1) is 17.8. The van der Waals surface area contributed by atoms with Gasteiger partial charge in [-0.2, -0.15) is 0 Å². The van der Waals surface area contributed by atoms with E-state index in [1.54, 1.807) is 0 Å². The molecule has 0 aliphatic carbocycles. The quantitative estimate of drug-likeness (QED) is 0.0611. The molecule has 0 radical (unpaired) electrons. The van der Waals surface area contributed by atoms with Crippen molar-refractivity contribution in [2.24, 2.45) is 0 Å². The van der Waals surface area contributed by atoms with Gasteiger partial charge in [-0.15, -0.1) is 0 Å². The molecule has 5 atom stereocenters. The van der Waals surface area contributed by atoms with Crippen LogP contribution >= 0.6 is 8.46 Å². The Balaban J connectivity index is 4.39. The van der Waals surface area contributed by atoms with E-state index in [2.05, 4.69) is 13.8 Å². The smallest absolute Gasteiger partial charge is 0.345 e. The topological polar surface area (TPSA) is 116 Å². The molecule has 0 saturated heterocycles. The number of rotatable bonds is 28. The molecule has 7 nitrogen and oxygen atoms in total. The molecule has 9 heteroatoms. The summed E-state index contributed by atoms with van der Waals surface area (Å²) in [5.74, 6) is -0.798. The zero-order chi connectivity index (χ0) is 27.8. The molecule has 0 spiro atoms. The number of carbonyl (C=O) groups is 1. The van der Waals surface area contributed by atoms with Gasteiger partial charge in [0.1, 0.15) is 25.6 Å². The molecule has 0 aliphatic rings. The second-order valence-corrected chi connectivity index (χ2v) is 13.3. The zero-order valence-corrected chi connectivity index (χ0v) is 25.9. The lowest BCUT2D eigenvalue weighted by molar-refractivity contribution is -0.154. The Morgan fingerprint density at radius 2 is 1.38 bits per heavy atom. The summed E-state index contributed by atoms with van der Waals surface area (Å²) in [4.78, 5) is 11.0. The van der Waals surface area contributed by atoms with Crippen molar-refractivity contribution < 1.29 is 33.6 Å². The van der Waals surface area contributed by atoms with E-state index in [9.17, 15) is 19.0 Å².